The van der Waals surface area contributed by atoms with Crippen LogP contribution in [0.3, 0.4) is 0 Å². The maximum absolute atomic E-state index is 12.8. The van der Waals surface area contributed by atoms with Crippen molar-refractivity contribution in [2.75, 3.05) is 19.7 Å². The third-order valence-corrected chi connectivity index (χ3v) is 7.70. The van der Waals surface area contributed by atoms with E-state index in [0.717, 1.165) is 25.7 Å². The molecule has 1 saturated carbocycles. The number of furan rings is 1. The van der Waals surface area contributed by atoms with Crippen LogP contribution in [0.5, 0.6) is 0 Å². The molecule has 1 N–H and O–H groups in total. The smallest absolute Gasteiger partial charge is 0.374 e. The third kappa shape index (κ3) is 5.63. The molecule has 0 atom stereocenters. The highest BCUT2D eigenvalue weighted by Crippen LogP contribution is 2.26. The van der Waals surface area contributed by atoms with E-state index in [2.05, 4.69) is 5.32 Å². The fraction of sp³-hybridized carbons (Fsp3) is 0.714. The van der Waals surface area contributed by atoms with Gasteiger partial charge in [-0.3, -0.25) is 4.79 Å². The second-order valence-electron chi connectivity index (χ2n) is 8.07. The molecule has 1 aliphatic heterocycles. The number of carbonyl (C=O) groups is 2. The van der Waals surface area contributed by atoms with Crippen molar-refractivity contribution in [1.82, 2.24) is 9.62 Å². The summed E-state index contributed by atoms with van der Waals surface area (Å²) in [5.74, 6) is -0.957. The van der Waals surface area contributed by atoms with Gasteiger partial charge in [0.25, 0.3) is 10.0 Å². The van der Waals surface area contributed by atoms with Crippen LogP contribution in [-0.2, 0) is 19.6 Å². The van der Waals surface area contributed by atoms with Crippen LogP contribution in [0.1, 0.15) is 75.3 Å². The maximum Gasteiger partial charge on any atom is 0.374 e. The largest absolute Gasteiger partial charge is 0.460 e. The summed E-state index contributed by atoms with van der Waals surface area (Å²) in [4.78, 5) is 24.4. The van der Waals surface area contributed by atoms with E-state index in [0.29, 0.717) is 12.8 Å². The molecule has 8 nitrogen and oxygen atoms in total. The summed E-state index contributed by atoms with van der Waals surface area (Å²) in [6.07, 6.45) is 9.05. The number of nitrogens with zero attached hydrogens (tertiary/aromatic N) is 1. The molecule has 1 aliphatic carbocycles. The first-order chi connectivity index (χ1) is 14.4. The monoisotopic (exact) mass is 440 g/mol. The van der Waals surface area contributed by atoms with Crippen molar-refractivity contribution in [2.45, 2.75) is 75.8 Å². The Hall–Kier alpha value is -1.87. The van der Waals surface area contributed by atoms with Gasteiger partial charge >= 0.3 is 5.97 Å². The predicted molar refractivity (Wildman–Crippen MR) is 110 cm³/mol. The van der Waals surface area contributed by atoms with Crippen LogP contribution in [0.15, 0.2) is 21.6 Å². The molecule has 1 aromatic heterocycles. The molecule has 30 heavy (non-hydrogen) atoms. The van der Waals surface area contributed by atoms with Crippen LogP contribution in [0.25, 0.3) is 0 Å². The highest BCUT2D eigenvalue weighted by atomic mass is 32.2. The Kier molecular flexibility index (Phi) is 7.93. The number of esters is 1. The highest BCUT2D eigenvalue weighted by molar-refractivity contribution is 7.89. The molecule has 168 valence electrons. The van der Waals surface area contributed by atoms with Crippen molar-refractivity contribution in [3.05, 3.63) is 17.9 Å². The van der Waals surface area contributed by atoms with Crippen molar-refractivity contribution >= 4 is 21.9 Å². The summed E-state index contributed by atoms with van der Waals surface area (Å²) >= 11 is 0. The zero-order chi connectivity index (χ0) is 21.6. The molecule has 0 unspecified atom stereocenters. The molecule has 2 aliphatic rings. The van der Waals surface area contributed by atoms with E-state index in [4.69, 9.17) is 9.15 Å². The highest BCUT2D eigenvalue weighted by Gasteiger charge is 2.34. The number of nitrogens with one attached hydrogen (secondary N) is 1. The molecular formula is C21H32N2O6S. The fourth-order valence-corrected chi connectivity index (χ4v) is 5.56. The van der Waals surface area contributed by atoms with Crippen molar-refractivity contribution in [2.24, 2.45) is 5.92 Å². The SMILES string of the molecule is CCOC(=O)c1ccc(S(=O)(=O)N2CCC(C(=O)NC3CCCCCCC3)CC2)o1. The maximum atomic E-state index is 12.8. The van der Waals surface area contributed by atoms with Gasteiger partial charge in [-0.1, -0.05) is 32.1 Å². The minimum Gasteiger partial charge on any atom is -0.460 e. The Balaban J connectivity index is 1.54. The lowest BCUT2D eigenvalue weighted by Crippen LogP contribution is -2.45. The fourth-order valence-electron chi connectivity index (χ4n) is 4.18. The lowest BCUT2D eigenvalue weighted by molar-refractivity contribution is -0.127. The summed E-state index contributed by atoms with van der Waals surface area (Å²) in [6, 6.07) is 2.82. The molecular weight excluding hydrogens is 408 g/mol. The Labute approximate surface area is 178 Å². The summed E-state index contributed by atoms with van der Waals surface area (Å²) in [7, 11) is -3.85. The van der Waals surface area contributed by atoms with Crippen LogP contribution in [0, 0.1) is 5.92 Å². The van der Waals surface area contributed by atoms with E-state index >= 15 is 0 Å². The number of amides is 1. The van der Waals surface area contributed by atoms with Gasteiger partial charge in [0.2, 0.25) is 16.8 Å². The Morgan fingerprint density at radius 3 is 2.33 bits per heavy atom. The van der Waals surface area contributed by atoms with Crippen LogP contribution >= 0.6 is 0 Å². The third-order valence-electron chi connectivity index (χ3n) is 5.93. The zero-order valence-electron chi connectivity index (χ0n) is 17.6. The van der Waals surface area contributed by atoms with Crippen LogP contribution < -0.4 is 5.32 Å². The Morgan fingerprint density at radius 1 is 1.07 bits per heavy atom. The van der Waals surface area contributed by atoms with Crippen LogP contribution in [0.4, 0.5) is 0 Å². The van der Waals surface area contributed by atoms with Crippen molar-refractivity contribution in [3.63, 3.8) is 0 Å². The first-order valence-electron chi connectivity index (χ1n) is 11.0. The zero-order valence-corrected chi connectivity index (χ0v) is 18.4. The molecule has 9 heteroatoms. The molecule has 2 fully saturated rings. The number of hydrogen-bond donors (Lipinski definition) is 1. The molecule has 1 saturated heterocycles. The summed E-state index contributed by atoms with van der Waals surface area (Å²) in [5, 5.41) is 2.92. The van der Waals surface area contributed by atoms with Gasteiger partial charge < -0.3 is 14.5 Å². The number of sulfonamides is 1. The second-order valence-corrected chi connectivity index (χ2v) is 9.94. The van der Waals surface area contributed by atoms with E-state index in [9.17, 15) is 18.0 Å². The molecule has 1 amide bonds. The molecule has 3 rings (SSSR count). The van der Waals surface area contributed by atoms with Crippen molar-refractivity contribution < 1.29 is 27.2 Å². The van der Waals surface area contributed by atoms with Gasteiger partial charge in [0.15, 0.2) is 0 Å². The number of rotatable bonds is 6. The van der Waals surface area contributed by atoms with Crippen molar-refractivity contribution in [3.8, 4) is 0 Å². The van der Waals surface area contributed by atoms with E-state index in [-0.39, 0.29) is 48.4 Å². The number of piperidine rings is 1. The van der Waals surface area contributed by atoms with Gasteiger partial charge in [0, 0.05) is 25.0 Å². The van der Waals surface area contributed by atoms with Gasteiger partial charge in [-0.15, -0.1) is 0 Å². The standard InChI is InChI=1S/C21H32N2O6S/c1-2-28-21(25)18-10-11-19(29-18)30(26,27)23-14-12-16(13-15-23)20(24)22-17-8-6-4-3-5-7-9-17/h10-11,16-17H,2-9,12-15H2,1H3,(H,22,24). The normalized spacial score (nSPS) is 20.3. The summed E-state index contributed by atoms with van der Waals surface area (Å²) < 4.78 is 37.0. The van der Waals surface area contributed by atoms with Crippen LogP contribution in [0.2, 0.25) is 0 Å². The topological polar surface area (TPSA) is 106 Å². The second kappa shape index (κ2) is 10.4. The van der Waals surface area contributed by atoms with Gasteiger partial charge in [-0.2, -0.15) is 4.31 Å². The first-order valence-corrected chi connectivity index (χ1v) is 12.4. The quantitative estimate of drug-likeness (QED) is 0.682. The van der Waals surface area contributed by atoms with Crippen molar-refractivity contribution in [1.29, 1.82) is 0 Å². The average molecular weight is 441 g/mol. The molecule has 1 aromatic rings. The lowest BCUT2D eigenvalue weighted by atomic mass is 9.94. The summed E-state index contributed by atoms with van der Waals surface area (Å²) in [6.45, 7) is 2.34. The Bertz CT molecular complexity index is 818. The molecule has 0 aromatic carbocycles. The van der Waals surface area contributed by atoms with E-state index in [1.165, 1.54) is 35.7 Å². The van der Waals surface area contributed by atoms with E-state index in [1.54, 1.807) is 6.92 Å². The summed E-state index contributed by atoms with van der Waals surface area (Å²) in [5.41, 5.74) is 0. The van der Waals surface area contributed by atoms with Gasteiger partial charge in [0.1, 0.15) is 0 Å². The van der Waals surface area contributed by atoms with Crippen LogP contribution in [-0.4, -0.2) is 50.3 Å². The number of carbonyl (C=O) groups excluding carboxylic acids is 2. The van der Waals surface area contributed by atoms with Gasteiger partial charge in [-0.25, -0.2) is 13.2 Å². The molecule has 2 heterocycles. The molecule has 0 bridgehead atoms. The van der Waals surface area contributed by atoms with E-state index in [1.807, 2.05) is 0 Å². The van der Waals surface area contributed by atoms with Gasteiger partial charge in [-0.05, 0) is 44.7 Å². The number of hydrogen-bond acceptors (Lipinski definition) is 6. The average Bonchev–Trinajstić information content (AvgIpc) is 3.21. The molecule has 0 spiro atoms. The Morgan fingerprint density at radius 2 is 1.70 bits per heavy atom. The number of ether oxygens (including phenoxy) is 1. The minimum atomic E-state index is -3.85. The van der Waals surface area contributed by atoms with E-state index < -0.39 is 16.0 Å². The first kappa shape index (κ1) is 22.8. The van der Waals surface area contributed by atoms with Gasteiger partial charge in [0.05, 0.1) is 6.61 Å². The molecule has 0 radical (unpaired) electrons. The lowest BCUT2D eigenvalue weighted by Gasteiger charge is -2.31. The predicted octanol–water partition coefficient (Wildman–Crippen LogP) is 3.09. The minimum absolute atomic E-state index is 0.0419.